The van der Waals surface area contributed by atoms with Crippen LogP contribution in [-0.4, -0.2) is 61.6 Å². The molecule has 1 heterocycles. The standard InChI is InChI=1S/C24H31N3O2/c1-19-6-5-8-22(16-19)25-12-14-26(15-13-25)24(28)18-27(21-10-11-21)17-20-7-3-4-9-23(20)29-2/h3-9,16,21H,10-15,17-18H2,1-2H3. The smallest absolute Gasteiger partial charge is 0.236 e. The van der Waals surface area contributed by atoms with Crippen molar-refractivity contribution in [3.05, 3.63) is 59.7 Å². The van der Waals surface area contributed by atoms with Gasteiger partial charge in [0.2, 0.25) is 5.91 Å². The number of hydrogen-bond acceptors (Lipinski definition) is 4. The van der Waals surface area contributed by atoms with E-state index >= 15 is 0 Å². The Morgan fingerprint density at radius 1 is 1.07 bits per heavy atom. The monoisotopic (exact) mass is 393 g/mol. The number of ether oxygens (including phenoxy) is 1. The Labute approximate surface area is 173 Å². The Morgan fingerprint density at radius 3 is 2.52 bits per heavy atom. The first kappa shape index (κ1) is 19.8. The average molecular weight is 394 g/mol. The number of hydrogen-bond donors (Lipinski definition) is 0. The van der Waals surface area contributed by atoms with Crippen molar-refractivity contribution < 1.29 is 9.53 Å². The van der Waals surface area contributed by atoms with Gasteiger partial charge < -0.3 is 14.5 Å². The highest BCUT2D eigenvalue weighted by atomic mass is 16.5. The molecule has 0 unspecified atom stereocenters. The lowest BCUT2D eigenvalue weighted by Crippen LogP contribution is -2.51. The molecule has 0 bridgehead atoms. The summed E-state index contributed by atoms with van der Waals surface area (Å²) in [4.78, 5) is 19.8. The Hall–Kier alpha value is -2.53. The van der Waals surface area contributed by atoms with E-state index in [2.05, 4.69) is 47.1 Å². The SMILES string of the molecule is COc1ccccc1CN(CC(=O)N1CCN(c2cccc(C)c2)CC1)C1CC1. The zero-order chi connectivity index (χ0) is 20.2. The molecule has 0 radical (unpaired) electrons. The molecule has 0 N–H and O–H groups in total. The molecule has 1 saturated carbocycles. The van der Waals surface area contributed by atoms with Gasteiger partial charge in [-0.25, -0.2) is 0 Å². The molecule has 0 aromatic heterocycles. The number of piperazine rings is 1. The third-order valence-corrected chi connectivity index (χ3v) is 5.97. The normalized spacial score (nSPS) is 16.9. The molecule has 0 spiro atoms. The summed E-state index contributed by atoms with van der Waals surface area (Å²) in [7, 11) is 1.71. The predicted molar refractivity (Wildman–Crippen MR) is 116 cm³/mol. The van der Waals surface area contributed by atoms with Gasteiger partial charge >= 0.3 is 0 Å². The minimum Gasteiger partial charge on any atom is -0.496 e. The van der Waals surface area contributed by atoms with Crippen molar-refractivity contribution in [2.24, 2.45) is 0 Å². The average Bonchev–Trinajstić information content (AvgIpc) is 3.59. The van der Waals surface area contributed by atoms with E-state index in [1.165, 1.54) is 24.1 Å². The summed E-state index contributed by atoms with van der Waals surface area (Å²) >= 11 is 0. The van der Waals surface area contributed by atoms with Crippen LogP contribution in [-0.2, 0) is 11.3 Å². The van der Waals surface area contributed by atoms with Crippen LogP contribution in [0, 0.1) is 6.92 Å². The fourth-order valence-corrected chi connectivity index (χ4v) is 4.12. The van der Waals surface area contributed by atoms with E-state index in [-0.39, 0.29) is 5.91 Å². The Morgan fingerprint density at radius 2 is 1.83 bits per heavy atom. The second kappa shape index (κ2) is 8.87. The highest BCUT2D eigenvalue weighted by molar-refractivity contribution is 5.78. The molecule has 2 aromatic carbocycles. The maximum absolute atomic E-state index is 13.0. The van der Waals surface area contributed by atoms with Crippen molar-refractivity contribution in [1.29, 1.82) is 0 Å². The van der Waals surface area contributed by atoms with Gasteiger partial charge in [0.15, 0.2) is 0 Å². The third kappa shape index (κ3) is 4.91. The maximum atomic E-state index is 13.0. The zero-order valence-corrected chi connectivity index (χ0v) is 17.5. The molecular weight excluding hydrogens is 362 g/mol. The van der Waals surface area contributed by atoms with Crippen molar-refractivity contribution >= 4 is 11.6 Å². The van der Waals surface area contributed by atoms with Crippen molar-refractivity contribution in [3.63, 3.8) is 0 Å². The van der Waals surface area contributed by atoms with Gasteiger partial charge in [0.05, 0.1) is 13.7 Å². The predicted octanol–water partition coefficient (Wildman–Crippen LogP) is 3.32. The summed E-state index contributed by atoms with van der Waals surface area (Å²) < 4.78 is 5.50. The largest absolute Gasteiger partial charge is 0.496 e. The molecule has 2 aromatic rings. The van der Waals surface area contributed by atoms with E-state index in [1.54, 1.807) is 7.11 Å². The second-order valence-electron chi connectivity index (χ2n) is 8.15. The number of rotatable bonds is 7. The van der Waals surface area contributed by atoms with Crippen molar-refractivity contribution in [2.45, 2.75) is 32.4 Å². The van der Waals surface area contributed by atoms with Gasteiger partial charge in [-0.2, -0.15) is 0 Å². The highest BCUT2D eigenvalue weighted by Gasteiger charge is 2.32. The molecule has 154 valence electrons. The van der Waals surface area contributed by atoms with Crippen LogP contribution in [0.5, 0.6) is 5.75 Å². The van der Waals surface area contributed by atoms with Crippen LogP contribution in [0.25, 0.3) is 0 Å². The summed E-state index contributed by atoms with van der Waals surface area (Å²) in [6.07, 6.45) is 2.37. The van der Waals surface area contributed by atoms with Crippen LogP contribution in [0.3, 0.4) is 0 Å². The quantitative estimate of drug-likeness (QED) is 0.723. The molecule has 5 nitrogen and oxygen atoms in total. The number of benzene rings is 2. The molecule has 4 rings (SSSR count). The Kier molecular flexibility index (Phi) is 6.05. The lowest BCUT2D eigenvalue weighted by atomic mass is 10.1. The fourth-order valence-electron chi connectivity index (χ4n) is 4.12. The molecule has 29 heavy (non-hydrogen) atoms. The molecule has 1 aliphatic heterocycles. The number of methoxy groups -OCH3 is 1. The Bertz CT molecular complexity index is 842. The highest BCUT2D eigenvalue weighted by Crippen LogP contribution is 2.30. The maximum Gasteiger partial charge on any atom is 0.236 e. The van der Waals surface area contributed by atoms with E-state index in [1.807, 2.05) is 23.1 Å². The number of amides is 1. The van der Waals surface area contributed by atoms with E-state index in [0.29, 0.717) is 12.6 Å². The molecule has 2 fully saturated rings. The van der Waals surface area contributed by atoms with Crippen molar-refractivity contribution in [3.8, 4) is 5.75 Å². The van der Waals surface area contributed by atoms with Crippen molar-refractivity contribution in [2.75, 3.05) is 44.7 Å². The number of nitrogens with zero attached hydrogens (tertiary/aromatic N) is 3. The zero-order valence-electron chi connectivity index (χ0n) is 17.5. The molecule has 1 saturated heterocycles. The number of carbonyl (C=O) groups is 1. The van der Waals surface area contributed by atoms with Gasteiger partial charge in [-0.15, -0.1) is 0 Å². The van der Waals surface area contributed by atoms with Gasteiger partial charge in [0.25, 0.3) is 0 Å². The molecule has 5 heteroatoms. The molecule has 1 aliphatic carbocycles. The molecule has 0 atom stereocenters. The topological polar surface area (TPSA) is 36.0 Å². The summed E-state index contributed by atoms with van der Waals surface area (Å²) in [6, 6.07) is 17.2. The molecular formula is C24H31N3O2. The number of carbonyl (C=O) groups excluding carboxylic acids is 1. The van der Waals surface area contributed by atoms with Gasteiger partial charge in [-0.3, -0.25) is 9.69 Å². The van der Waals surface area contributed by atoms with Crippen molar-refractivity contribution in [1.82, 2.24) is 9.80 Å². The van der Waals surface area contributed by atoms with Crippen LogP contribution < -0.4 is 9.64 Å². The van der Waals surface area contributed by atoms with Gasteiger partial charge in [-0.1, -0.05) is 30.3 Å². The lowest BCUT2D eigenvalue weighted by molar-refractivity contribution is -0.133. The first-order valence-electron chi connectivity index (χ1n) is 10.6. The summed E-state index contributed by atoms with van der Waals surface area (Å²) in [5.41, 5.74) is 3.68. The van der Waals surface area contributed by atoms with Gasteiger partial charge in [0, 0.05) is 50.0 Å². The van der Waals surface area contributed by atoms with Crippen LogP contribution in [0.1, 0.15) is 24.0 Å². The van der Waals surface area contributed by atoms with Crippen LogP contribution in [0.2, 0.25) is 0 Å². The number of anilines is 1. The first-order chi connectivity index (χ1) is 14.1. The van der Waals surface area contributed by atoms with Crippen LogP contribution >= 0.6 is 0 Å². The van der Waals surface area contributed by atoms with Crippen LogP contribution in [0.15, 0.2) is 48.5 Å². The third-order valence-electron chi connectivity index (χ3n) is 5.97. The van der Waals surface area contributed by atoms with Gasteiger partial charge in [-0.05, 0) is 43.5 Å². The summed E-state index contributed by atoms with van der Waals surface area (Å²) in [5, 5.41) is 0. The number of para-hydroxylation sites is 1. The minimum atomic E-state index is 0.246. The molecule has 1 amide bonds. The first-order valence-corrected chi connectivity index (χ1v) is 10.6. The minimum absolute atomic E-state index is 0.246. The van der Waals surface area contributed by atoms with E-state index < -0.39 is 0 Å². The molecule has 2 aliphatic rings. The van der Waals surface area contributed by atoms with E-state index in [4.69, 9.17) is 4.74 Å². The second-order valence-corrected chi connectivity index (χ2v) is 8.15. The van der Waals surface area contributed by atoms with Gasteiger partial charge in [0.1, 0.15) is 5.75 Å². The Balaban J connectivity index is 1.34. The van der Waals surface area contributed by atoms with E-state index in [0.717, 1.165) is 44.0 Å². The van der Waals surface area contributed by atoms with Crippen LogP contribution in [0.4, 0.5) is 5.69 Å². The summed E-state index contributed by atoms with van der Waals surface area (Å²) in [6.45, 7) is 6.75. The lowest BCUT2D eigenvalue weighted by Gasteiger charge is -2.37. The summed E-state index contributed by atoms with van der Waals surface area (Å²) in [5.74, 6) is 1.15. The fraction of sp³-hybridized carbons (Fsp3) is 0.458. The number of aryl methyl sites for hydroxylation is 1. The van der Waals surface area contributed by atoms with E-state index in [9.17, 15) is 4.79 Å².